The average molecular weight is 166 g/mol. The van der Waals surface area contributed by atoms with E-state index in [-0.39, 0.29) is 24.1 Å². The second-order valence-corrected chi connectivity index (χ2v) is 2.77. The van der Waals surface area contributed by atoms with Crippen LogP contribution in [0.25, 0.3) is 0 Å². The molecule has 0 spiro atoms. The molecule has 0 heterocycles. The van der Waals surface area contributed by atoms with Crippen molar-refractivity contribution in [1.29, 1.82) is 0 Å². The molecular formula is C7H16ClNO. The maximum absolute atomic E-state index is 10.7. The second-order valence-electron chi connectivity index (χ2n) is 2.77. The van der Waals surface area contributed by atoms with Crippen molar-refractivity contribution in [2.75, 3.05) is 20.6 Å². The SMILES string of the molecule is CC(=O)C(C)CN(C)C.Cl. The van der Waals surface area contributed by atoms with Gasteiger partial charge < -0.3 is 4.90 Å². The van der Waals surface area contributed by atoms with E-state index in [0.717, 1.165) is 6.54 Å². The largest absolute Gasteiger partial charge is 0.309 e. The highest BCUT2D eigenvalue weighted by Crippen LogP contribution is 1.96. The third-order valence-electron chi connectivity index (χ3n) is 1.33. The highest BCUT2D eigenvalue weighted by molar-refractivity contribution is 5.85. The van der Waals surface area contributed by atoms with Crippen LogP contribution < -0.4 is 0 Å². The number of ketones is 1. The Hall–Kier alpha value is -0.0800. The summed E-state index contributed by atoms with van der Waals surface area (Å²) in [6.45, 7) is 4.44. The second kappa shape index (κ2) is 5.69. The summed E-state index contributed by atoms with van der Waals surface area (Å²) < 4.78 is 0. The van der Waals surface area contributed by atoms with Gasteiger partial charge in [0, 0.05) is 12.5 Å². The van der Waals surface area contributed by atoms with E-state index in [2.05, 4.69) is 0 Å². The van der Waals surface area contributed by atoms with Crippen LogP contribution in [0.2, 0.25) is 0 Å². The molecule has 1 unspecified atom stereocenters. The molecule has 0 aromatic heterocycles. The van der Waals surface area contributed by atoms with Gasteiger partial charge in [-0.3, -0.25) is 4.79 Å². The third kappa shape index (κ3) is 6.05. The molecule has 1 atom stereocenters. The summed E-state index contributed by atoms with van der Waals surface area (Å²) >= 11 is 0. The number of hydrogen-bond acceptors (Lipinski definition) is 2. The van der Waals surface area contributed by atoms with Crippen molar-refractivity contribution in [3.05, 3.63) is 0 Å². The Labute approximate surface area is 69.0 Å². The zero-order chi connectivity index (χ0) is 7.44. The fraction of sp³-hybridized carbons (Fsp3) is 0.857. The normalized spacial score (nSPS) is 12.5. The van der Waals surface area contributed by atoms with Crippen LogP contribution in [0.3, 0.4) is 0 Å². The van der Waals surface area contributed by atoms with Crippen LogP contribution >= 0.6 is 12.4 Å². The van der Waals surface area contributed by atoms with Crippen LogP contribution in [0.5, 0.6) is 0 Å². The Bertz CT molecular complexity index is 104. The maximum Gasteiger partial charge on any atom is 0.133 e. The van der Waals surface area contributed by atoms with Gasteiger partial charge in [0.05, 0.1) is 0 Å². The van der Waals surface area contributed by atoms with Crippen molar-refractivity contribution in [3.63, 3.8) is 0 Å². The Morgan fingerprint density at radius 3 is 2.00 bits per heavy atom. The van der Waals surface area contributed by atoms with Gasteiger partial charge in [-0.15, -0.1) is 12.4 Å². The Morgan fingerprint density at radius 1 is 1.50 bits per heavy atom. The summed E-state index contributed by atoms with van der Waals surface area (Å²) in [6.07, 6.45) is 0. The predicted octanol–water partition coefficient (Wildman–Crippen LogP) is 1.19. The maximum atomic E-state index is 10.7. The van der Waals surface area contributed by atoms with Gasteiger partial charge in [-0.05, 0) is 21.0 Å². The molecule has 0 bridgehead atoms. The molecule has 0 aromatic carbocycles. The molecule has 0 saturated carbocycles. The first kappa shape index (κ1) is 12.6. The smallest absolute Gasteiger partial charge is 0.133 e. The molecule has 0 aliphatic heterocycles. The fourth-order valence-electron chi connectivity index (χ4n) is 0.676. The number of rotatable bonds is 3. The molecule has 0 N–H and O–H groups in total. The van der Waals surface area contributed by atoms with Gasteiger partial charge in [0.25, 0.3) is 0 Å². The van der Waals surface area contributed by atoms with Gasteiger partial charge in [-0.1, -0.05) is 6.92 Å². The molecule has 3 heteroatoms. The molecule has 0 radical (unpaired) electrons. The summed E-state index contributed by atoms with van der Waals surface area (Å²) in [4.78, 5) is 12.7. The third-order valence-corrected chi connectivity index (χ3v) is 1.33. The van der Waals surface area contributed by atoms with E-state index >= 15 is 0 Å². The van der Waals surface area contributed by atoms with E-state index in [9.17, 15) is 4.79 Å². The van der Waals surface area contributed by atoms with Crippen molar-refractivity contribution in [2.45, 2.75) is 13.8 Å². The summed E-state index contributed by atoms with van der Waals surface area (Å²) in [5, 5.41) is 0. The standard InChI is InChI=1S/C7H15NO.ClH/c1-6(7(2)9)5-8(3)4;/h6H,5H2,1-4H3;1H. The number of carbonyl (C=O) groups is 1. The van der Waals surface area contributed by atoms with E-state index in [1.54, 1.807) is 6.92 Å². The minimum absolute atomic E-state index is 0. The van der Waals surface area contributed by atoms with Crippen molar-refractivity contribution in [2.24, 2.45) is 5.92 Å². The first-order chi connectivity index (χ1) is 4.04. The van der Waals surface area contributed by atoms with Gasteiger partial charge in [0.2, 0.25) is 0 Å². The van der Waals surface area contributed by atoms with E-state index in [0.29, 0.717) is 0 Å². The zero-order valence-electron chi connectivity index (χ0n) is 7.05. The average Bonchev–Trinajstić information content (AvgIpc) is 1.63. The topological polar surface area (TPSA) is 20.3 Å². The van der Waals surface area contributed by atoms with Crippen LogP contribution in [-0.2, 0) is 4.79 Å². The van der Waals surface area contributed by atoms with Crippen LogP contribution in [0.15, 0.2) is 0 Å². The lowest BCUT2D eigenvalue weighted by atomic mass is 10.1. The molecule has 0 rings (SSSR count). The Balaban J connectivity index is 0. The number of carbonyl (C=O) groups excluding carboxylic acids is 1. The summed E-state index contributed by atoms with van der Waals surface area (Å²) in [6, 6.07) is 0. The molecule has 10 heavy (non-hydrogen) atoms. The first-order valence-corrected chi connectivity index (χ1v) is 3.19. The lowest BCUT2D eigenvalue weighted by Crippen LogP contribution is -2.23. The van der Waals surface area contributed by atoms with Gasteiger partial charge in [0.15, 0.2) is 0 Å². The van der Waals surface area contributed by atoms with E-state index in [1.807, 2.05) is 25.9 Å². The predicted molar refractivity (Wildman–Crippen MR) is 45.6 cm³/mol. The number of nitrogens with zero attached hydrogens (tertiary/aromatic N) is 1. The van der Waals surface area contributed by atoms with Gasteiger partial charge >= 0.3 is 0 Å². The van der Waals surface area contributed by atoms with Crippen molar-refractivity contribution in [1.82, 2.24) is 4.90 Å². The van der Waals surface area contributed by atoms with Gasteiger partial charge in [-0.25, -0.2) is 0 Å². The van der Waals surface area contributed by atoms with Gasteiger partial charge in [-0.2, -0.15) is 0 Å². The summed E-state index contributed by atoms with van der Waals surface area (Å²) in [5.74, 6) is 0.448. The molecule has 62 valence electrons. The molecule has 0 amide bonds. The van der Waals surface area contributed by atoms with E-state index in [4.69, 9.17) is 0 Å². The van der Waals surface area contributed by atoms with E-state index < -0.39 is 0 Å². The van der Waals surface area contributed by atoms with Crippen LogP contribution in [-0.4, -0.2) is 31.3 Å². The molecule has 0 aliphatic rings. The number of halogens is 1. The number of hydrogen-bond donors (Lipinski definition) is 0. The first-order valence-electron chi connectivity index (χ1n) is 3.19. The Morgan fingerprint density at radius 2 is 1.90 bits per heavy atom. The molecule has 0 aromatic rings. The van der Waals surface area contributed by atoms with Crippen molar-refractivity contribution >= 4 is 18.2 Å². The highest BCUT2D eigenvalue weighted by Gasteiger charge is 2.06. The highest BCUT2D eigenvalue weighted by atomic mass is 35.5. The van der Waals surface area contributed by atoms with Crippen molar-refractivity contribution < 1.29 is 4.79 Å². The lowest BCUT2D eigenvalue weighted by molar-refractivity contribution is -0.120. The summed E-state index contributed by atoms with van der Waals surface area (Å²) in [5.41, 5.74) is 0. The summed E-state index contributed by atoms with van der Waals surface area (Å²) in [7, 11) is 3.94. The molecule has 2 nitrogen and oxygen atoms in total. The zero-order valence-corrected chi connectivity index (χ0v) is 7.86. The van der Waals surface area contributed by atoms with Crippen molar-refractivity contribution in [3.8, 4) is 0 Å². The molecular weight excluding hydrogens is 150 g/mol. The quantitative estimate of drug-likeness (QED) is 0.627. The van der Waals surface area contributed by atoms with Crippen LogP contribution in [0.1, 0.15) is 13.8 Å². The molecule has 0 aliphatic carbocycles. The van der Waals surface area contributed by atoms with Crippen LogP contribution in [0.4, 0.5) is 0 Å². The monoisotopic (exact) mass is 165 g/mol. The minimum Gasteiger partial charge on any atom is -0.309 e. The minimum atomic E-state index is 0. The van der Waals surface area contributed by atoms with Crippen LogP contribution in [0, 0.1) is 5.92 Å². The van der Waals surface area contributed by atoms with E-state index in [1.165, 1.54) is 0 Å². The molecule has 0 fully saturated rings. The van der Waals surface area contributed by atoms with Gasteiger partial charge in [0.1, 0.15) is 5.78 Å². The number of Topliss-reactive ketones (excluding diaryl/α,β-unsaturated/α-hetero) is 1. The fourth-order valence-corrected chi connectivity index (χ4v) is 0.676. The molecule has 0 saturated heterocycles. The lowest BCUT2D eigenvalue weighted by Gasteiger charge is -2.13. The Kier molecular flexibility index (Phi) is 7.15.